The van der Waals surface area contributed by atoms with Gasteiger partial charge in [0.25, 0.3) is 0 Å². The first-order valence-electron chi connectivity index (χ1n) is 12.0. The van der Waals surface area contributed by atoms with Crippen molar-refractivity contribution in [2.75, 3.05) is 33.9 Å². The molecule has 1 saturated carbocycles. The maximum absolute atomic E-state index is 13.6. The highest BCUT2D eigenvalue weighted by molar-refractivity contribution is 6.30. The van der Waals surface area contributed by atoms with E-state index in [0.29, 0.717) is 30.8 Å². The molecule has 3 atom stereocenters. The van der Waals surface area contributed by atoms with Crippen molar-refractivity contribution in [3.63, 3.8) is 0 Å². The van der Waals surface area contributed by atoms with Crippen molar-refractivity contribution in [3.05, 3.63) is 34.9 Å². The van der Waals surface area contributed by atoms with Crippen LogP contribution in [-0.4, -0.2) is 84.0 Å². The van der Waals surface area contributed by atoms with Crippen LogP contribution in [0.1, 0.15) is 37.7 Å². The maximum atomic E-state index is 13.6. The average molecular weight is 530 g/mol. The number of carboxylic acid groups (broad SMARTS) is 1. The molecule has 1 aromatic rings. The van der Waals surface area contributed by atoms with Gasteiger partial charge >= 0.3 is 5.97 Å². The lowest BCUT2D eigenvalue weighted by Gasteiger charge is -2.50. The minimum absolute atomic E-state index is 0.0272. The molecule has 0 spiro atoms. The highest BCUT2D eigenvalue weighted by Crippen LogP contribution is 2.47. The van der Waals surface area contributed by atoms with E-state index in [2.05, 4.69) is 0 Å². The van der Waals surface area contributed by atoms with Crippen LogP contribution < -0.4 is 5.73 Å². The van der Waals surface area contributed by atoms with Crippen LogP contribution in [-0.2, 0) is 25.5 Å². The number of ether oxygens (including phenoxy) is 1. The highest BCUT2D eigenvalue weighted by atomic mass is 35.5. The van der Waals surface area contributed by atoms with Gasteiger partial charge < -0.3 is 25.4 Å². The molecule has 1 aliphatic carbocycles. The molecule has 3 N–H and O–H groups in total. The summed E-state index contributed by atoms with van der Waals surface area (Å²) in [4.78, 5) is 41.3. The van der Waals surface area contributed by atoms with E-state index in [1.165, 1.54) is 12.0 Å². The molecule has 1 saturated heterocycles. The molecule has 2 fully saturated rings. The molecule has 2 aliphatic rings. The molecule has 200 valence electrons. The quantitative estimate of drug-likeness (QED) is 0.482. The summed E-state index contributed by atoms with van der Waals surface area (Å²) in [6.07, 6.45) is 0.0354. The van der Waals surface area contributed by atoms with Crippen molar-refractivity contribution in [2.45, 2.75) is 56.0 Å². The van der Waals surface area contributed by atoms with Gasteiger partial charge in [-0.25, -0.2) is 8.78 Å². The van der Waals surface area contributed by atoms with Gasteiger partial charge in [0, 0.05) is 45.1 Å². The number of alkyl halides is 2. The lowest BCUT2D eigenvalue weighted by molar-refractivity contribution is -0.164. The highest BCUT2D eigenvalue weighted by Gasteiger charge is 2.52. The fourth-order valence-corrected chi connectivity index (χ4v) is 5.55. The summed E-state index contributed by atoms with van der Waals surface area (Å²) in [7, 11) is 3.09. The lowest BCUT2D eigenvalue weighted by atomic mass is 9.71. The molecule has 2 amide bonds. The number of hydrogen-bond donors (Lipinski definition) is 2. The van der Waals surface area contributed by atoms with Crippen molar-refractivity contribution in [3.8, 4) is 0 Å². The number of piperidine rings is 1. The summed E-state index contributed by atoms with van der Waals surface area (Å²) in [5, 5.41) is 9.94. The number of nitrogens with zero attached hydrogens (tertiary/aromatic N) is 2. The molecular formula is C25H34ClF2N3O5. The number of methoxy groups -OCH3 is 1. The molecule has 0 aromatic heterocycles. The lowest BCUT2D eigenvalue weighted by Crippen LogP contribution is -2.64. The van der Waals surface area contributed by atoms with Crippen molar-refractivity contribution < 1.29 is 33.0 Å². The fourth-order valence-electron chi connectivity index (χ4n) is 5.42. The second-order valence-corrected chi connectivity index (χ2v) is 10.5. The van der Waals surface area contributed by atoms with Gasteiger partial charge in [0.1, 0.15) is 6.04 Å². The van der Waals surface area contributed by atoms with E-state index in [0.717, 1.165) is 5.56 Å². The molecule has 3 rings (SSSR count). The Balaban J connectivity index is 1.89. The second kappa shape index (κ2) is 11.4. The molecule has 36 heavy (non-hydrogen) atoms. The van der Waals surface area contributed by atoms with Crippen LogP contribution in [0.4, 0.5) is 8.78 Å². The average Bonchev–Trinajstić information content (AvgIpc) is 2.81. The van der Waals surface area contributed by atoms with Crippen molar-refractivity contribution in [1.29, 1.82) is 0 Å². The number of likely N-dealkylation sites (tertiary alicyclic amines) is 1. The minimum atomic E-state index is -2.87. The fraction of sp³-hybridized carbons (Fsp3) is 0.640. The molecular weight excluding hydrogens is 496 g/mol. The van der Waals surface area contributed by atoms with E-state index in [1.807, 2.05) is 12.1 Å². The Hall–Kier alpha value is -2.30. The van der Waals surface area contributed by atoms with Gasteiger partial charge in [-0.2, -0.15) is 0 Å². The predicted octanol–water partition coefficient (Wildman–Crippen LogP) is 2.81. The number of halogens is 3. The number of hydrogen-bond acceptors (Lipinski definition) is 5. The predicted molar refractivity (Wildman–Crippen MR) is 130 cm³/mol. The first-order valence-corrected chi connectivity index (χ1v) is 12.4. The topological polar surface area (TPSA) is 113 Å². The van der Waals surface area contributed by atoms with Crippen LogP contribution in [0, 0.1) is 11.8 Å². The molecule has 11 heteroatoms. The number of amides is 2. The van der Waals surface area contributed by atoms with Crippen LogP contribution in [0.15, 0.2) is 24.3 Å². The summed E-state index contributed by atoms with van der Waals surface area (Å²) in [5.41, 5.74) is 6.11. The summed E-state index contributed by atoms with van der Waals surface area (Å²) in [5.74, 6) is -6.60. The van der Waals surface area contributed by atoms with E-state index in [-0.39, 0.29) is 19.1 Å². The molecule has 0 bridgehead atoms. The molecule has 1 heterocycles. The first-order chi connectivity index (χ1) is 16.9. The molecule has 1 aromatic carbocycles. The van der Waals surface area contributed by atoms with Gasteiger partial charge in [-0.15, -0.1) is 0 Å². The number of carboxylic acids is 1. The first kappa shape index (κ1) is 28.3. The number of carbonyl (C=O) groups is 3. The molecule has 1 aliphatic heterocycles. The third-order valence-corrected chi connectivity index (χ3v) is 7.67. The van der Waals surface area contributed by atoms with E-state index in [4.69, 9.17) is 22.1 Å². The molecule has 0 radical (unpaired) electrons. The van der Waals surface area contributed by atoms with Crippen LogP contribution in [0.3, 0.4) is 0 Å². The Morgan fingerprint density at radius 3 is 2.47 bits per heavy atom. The van der Waals surface area contributed by atoms with Crippen molar-refractivity contribution >= 4 is 29.4 Å². The Labute approximate surface area is 214 Å². The molecule has 0 unspecified atom stereocenters. The number of carbonyl (C=O) groups excluding carboxylic acids is 2. The Kier molecular flexibility index (Phi) is 8.95. The zero-order chi connectivity index (χ0) is 26.7. The zero-order valence-corrected chi connectivity index (χ0v) is 21.3. The number of nitrogens with two attached hydrogens (primary N) is 1. The third-order valence-electron chi connectivity index (χ3n) is 7.42. The number of benzene rings is 1. The van der Waals surface area contributed by atoms with Crippen LogP contribution in [0.5, 0.6) is 0 Å². The van der Waals surface area contributed by atoms with Gasteiger partial charge in [-0.05, 0) is 42.9 Å². The van der Waals surface area contributed by atoms with Gasteiger partial charge in [0.05, 0.1) is 24.5 Å². The third kappa shape index (κ3) is 6.52. The summed E-state index contributed by atoms with van der Waals surface area (Å²) < 4.78 is 32.2. The summed E-state index contributed by atoms with van der Waals surface area (Å²) >= 11 is 6.04. The standard InChI is InChI=1S/C25H34ClF2N3O5/c1-30(23(35)20(29)14-36-2)24(11-16-4-6-18(26)7-5-16)8-3-9-31(15-24)22(34)19(10-21(32)33)17-12-25(27,28)13-17/h4-7,17,19-20H,3,8-15,29H2,1-2H3,(H,32,33)/t19-,20-,24+/m0/s1. The number of rotatable bonds is 10. The van der Waals surface area contributed by atoms with E-state index in [9.17, 15) is 28.3 Å². The number of likely N-dealkylation sites (N-methyl/N-ethyl adjacent to an activating group) is 1. The summed E-state index contributed by atoms with van der Waals surface area (Å²) in [6.45, 7) is 0.516. The van der Waals surface area contributed by atoms with Crippen molar-refractivity contribution in [2.24, 2.45) is 17.6 Å². The van der Waals surface area contributed by atoms with Gasteiger partial charge in [-0.1, -0.05) is 23.7 Å². The maximum Gasteiger partial charge on any atom is 0.304 e. The number of aliphatic carboxylic acids is 1. The van der Waals surface area contributed by atoms with Gasteiger partial charge in [-0.3, -0.25) is 14.4 Å². The van der Waals surface area contributed by atoms with Crippen LogP contribution in [0.2, 0.25) is 5.02 Å². The van der Waals surface area contributed by atoms with Crippen molar-refractivity contribution in [1.82, 2.24) is 9.80 Å². The zero-order valence-electron chi connectivity index (χ0n) is 20.6. The van der Waals surface area contributed by atoms with Crippen LogP contribution >= 0.6 is 11.6 Å². The Morgan fingerprint density at radius 1 is 1.28 bits per heavy atom. The summed E-state index contributed by atoms with van der Waals surface area (Å²) in [6, 6.07) is 6.29. The Bertz CT molecular complexity index is 956. The Morgan fingerprint density at radius 2 is 1.92 bits per heavy atom. The minimum Gasteiger partial charge on any atom is -0.481 e. The van der Waals surface area contributed by atoms with E-state index >= 15 is 0 Å². The van der Waals surface area contributed by atoms with Gasteiger partial charge in [0.15, 0.2) is 0 Å². The SMILES string of the molecule is COC[C@H](N)C(=O)N(C)[C@@]1(Cc2ccc(Cl)cc2)CCCN(C(=O)[C@@H](CC(=O)O)C2CC(F)(F)C2)C1. The van der Waals surface area contributed by atoms with E-state index < -0.39 is 60.5 Å². The largest absolute Gasteiger partial charge is 0.481 e. The van der Waals surface area contributed by atoms with Gasteiger partial charge in [0.2, 0.25) is 17.7 Å². The smallest absolute Gasteiger partial charge is 0.304 e. The van der Waals surface area contributed by atoms with E-state index in [1.54, 1.807) is 24.1 Å². The van der Waals surface area contributed by atoms with Crippen LogP contribution in [0.25, 0.3) is 0 Å². The monoisotopic (exact) mass is 529 g/mol. The normalized spacial score (nSPS) is 23.4. The second-order valence-electron chi connectivity index (χ2n) is 10.1. The molecule has 8 nitrogen and oxygen atoms in total.